The van der Waals surface area contributed by atoms with Gasteiger partial charge >= 0.3 is 0 Å². The Morgan fingerprint density at radius 1 is 1.16 bits per heavy atom. The lowest BCUT2D eigenvalue weighted by Gasteiger charge is -2.29. The second kappa shape index (κ2) is 10.2. The lowest BCUT2D eigenvalue weighted by molar-refractivity contribution is -0.122. The lowest BCUT2D eigenvalue weighted by Crippen LogP contribution is -2.35. The van der Waals surface area contributed by atoms with Crippen LogP contribution in [0.2, 0.25) is 0 Å². The molecule has 0 saturated carbocycles. The molecule has 0 radical (unpaired) electrons. The zero-order valence-electron chi connectivity index (χ0n) is 12.1. The van der Waals surface area contributed by atoms with E-state index in [4.69, 9.17) is 15.2 Å². The van der Waals surface area contributed by atoms with Gasteiger partial charge < -0.3 is 20.1 Å². The molecule has 5 nitrogen and oxygen atoms in total. The highest BCUT2D eigenvalue weighted by molar-refractivity contribution is 5.74. The summed E-state index contributed by atoms with van der Waals surface area (Å²) in [5, 5.41) is 0. The van der Waals surface area contributed by atoms with E-state index in [0.29, 0.717) is 6.61 Å². The van der Waals surface area contributed by atoms with Gasteiger partial charge in [0.2, 0.25) is 5.91 Å². The summed E-state index contributed by atoms with van der Waals surface area (Å²) in [5.41, 5.74) is 4.96. The number of carbonyl (C=O) groups is 1. The van der Waals surface area contributed by atoms with Crippen molar-refractivity contribution in [2.75, 3.05) is 46.1 Å². The third-order valence-corrected chi connectivity index (χ3v) is 3.50. The Balaban J connectivity index is 1.80. The van der Waals surface area contributed by atoms with Crippen LogP contribution in [0.3, 0.4) is 0 Å². The Kier molecular flexibility index (Phi) is 8.79. The molecule has 1 aliphatic heterocycles. The molecule has 19 heavy (non-hydrogen) atoms. The lowest BCUT2D eigenvalue weighted by atomic mass is 9.99. The molecule has 1 fully saturated rings. The monoisotopic (exact) mass is 272 g/mol. The van der Waals surface area contributed by atoms with E-state index in [2.05, 4.69) is 11.8 Å². The number of hydrogen-bond donors (Lipinski definition) is 1. The molecule has 0 aromatic heterocycles. The van der Waals surface area contributed by atoms with E-state index in [9.17, 15) is 4.79 Å². The molecule has 0 unspecified atom stereocenters. The largest absolute Gasteiger partial charge is 0.380 e. The quantitative estimate of drug-likeness (QED) is 0.603. The van der Waals surface area contributed by atoms with Gasteiger partial charge in [-0.05, 0) is 44.7 Å². The molecule has 1 rings (SSSR count). The third kappa shape index (κ3) is 8.97. The highest BCUT2D eigenvalue weighted by Gasteiger charge is 2.14. The molecule has 0 spiro atoms. The van der Waals surface area contributed by atoms with Crippen molar-refractivity contribution in [3.8, 4) is 0 Å². The van der Waals surface area contributed by atoms with E-state index in [0.717, 1.165) is 38.5 Å². The highest BCUT2D eigenvalue weighted by Crippen LogP contribution is 2.15. The molecule has 1 aliphatic rings. The van der Waals surface area contributed by atoms with Crippen LogP contribution in [-0.2, 0) is 14.3 Å². The fourth-order valence-corrected chi connectivity index (χ4v) is 2.16. The molecule has 1 saturated heterocycles. The van der Waals surface area contributed by atoms with Crippen LogP contribution >= 0.6 is 0 Å². The van der Waals surface area contributed by atoms with Crippen molar-refractivity contribution in [2.24, 2.45) is 11.7 Å². The van der Waals surface area contributed by atoms with Crippen molar-refractivity contribution >= 4 is 5.91 Å². The number of ether oxygens (including phenoxy) is 2. The van der Waals surface area contributed by atoms with Crippen LogP contribution in [0.25, 0.3) is 0 Å². The summed E-state index contributed by atoms with van der Waals surface area (Å²) < 4.78 is 10.7. The van der Waals surface area contributed by atoms with Crippen LogP contribution in [0.5, 0.6) is 0 Å². The van der Waals surface area contributed by atoms with Gasteiger partial charge in [0.15, 0.2) is 0 Å². The van der Waals surface area contributed by atoms with Crippen molar-refractivity contribution < 1.29 is 14.3 Å². The first-order chi connectivity index (χ1) is 9.18. The van der Waals surface area contributed by atoms with Gasteiger partial charge in [0, 0.05) is 19.8 Å². The predicted molar refractivity (Wildman–Crippen MR) is 74.9 cm³/mol. The number of piperidine rings is 1. The normalized spacial score (nSPS) is 17.7. The van der Waals surface area contributed by atoms with Crippen molar-refractivity contribution in [3.05, 3.63) is 0 Å². The number of nitrogens with two attached hydrogens (primary N) is 1. The molecule has 0 bridgehead atoms. The van der Waals surface area contributed by atoms with Gasteiger partial charge in [-0.3, -0.25) is 4.79 Å². The average molecular weight is 272 g/mol. The SMILES string of the molecule is CC1CCN(CCOCCCCOCC(N)=O)CC1. The highest BCUT2D eigenvalue weighted by atomic mass is 16.5. The number of primary amides is 1. The zero-order valence-corrected chi connectivity index (χ0v) is 12.1. The van der Waals surface area contributed by atoms with Gasteiger partial charge in [0.05, 0.1) is 6.61 Å². The summed E-state index contributed by atoms with van der Waals surface area (Å²) in [6.45, 7) is 7.99. The van der Waals surface area contributed by atoms with Crippen LogP contribution in [0.4, 0.5) is 0 Å². The van der Waals surface area contributed by atoms with Crippen LogP contribution in [0.1, 0.15) is 32.6 Å². The molecular formula is C14H28N2O3. The maximum Gasteiger partial charge on any atom is 0.243 e. The summed E-state index contributed by atoms with van der Waals surface area (Å²) in [4.78, 5) is 12.9. The number of likely N-dealkylation sites (tertiary alicyclic amines) is 1. The van der Waals surface area contributed by atoms with Crippen LogP contribution in [0, 0.1) is 5.92 Å². The third-order valence-electron chi connectivity index (χ3n) is 3.50. The minimum atomic E-state index is -0.410. The van der Waals surface area contributed by atoms with Crippen molar-refractivity contribution in [3.63, 3.8) is 0 Å². The molecule has 2 N–H and O–H groups in total. The molecule has 0 aromatic carbocycles. The summed E-state index contributed by atoms with van der Waals surface area (Å²) >= 11 is 0. The van der Waals surface area contributed by atoms with E-state index < -0.39 is 5.91 Å². The van der Waals surface area contributed by atoms with Gasteiger partial charge in [-0.1, -0.05) is 6.92 Å². The molecule has 0 aromatic rings. The second-order valence-electron chi connectivity index (χ2n) is 5.36. The first kappa shape index (κ1) is 16.4. The van der Waals surface area contributed by atoms with Crippen molar-refractivity contribution in [1.82, 2.24) is 4.90 Å². The Morgan fingerprint density at radius 3 is 2.42 bits per heavy atom. The fourth-order valence-electron chi connectivity index (χ4n) is 2.16. The van der Waals surface area contributed by atoms with Crippen LogP contribution in [0.15, 0.2) is 0 Å². The standard InChI is InChI=1S/C14H28N2O3/c1-13-4-6-16(7-5-13)8-11-18-9-2-3-10-19-12-14(15)17/h13H,2-12H2,1H3,(H2,15,17). The van der Waals surface area contributed by atoms with Crippen molar-refractivity contribution in [1.29, 1.82) is 0 Å². The second-order valence-corrected chi connectivity index (χ2v) is 5.36. The minimum absolute atomic E-state index is 0.0221. The summed E-state index contributed by atoms with van der Waals surface area (Å²) in [5.74, 6) is 0.477. The number of unbranched alkanes of at least 4 members (excludes halogenated alkanes) is 1. The van der Waals surface area contributed by atoms with Gasteiger partial charge in [-0.2, -0.15) is 0 Å². The summed E-state index contributed by atoms with van der Waals surface area (Å²) in [6.07, 6.45) is 4.51. The smallest absolute Gasteiger partial charge is 0.243 e. The Labute approximate surface area is 116 Å². The van der Waals surface area contributed by atoms with E-state index in [-0.39, 0.29) is 6.61 Å². The topological polar surface area (TPSA) is 64.8 Å². The molecule has 0 atom stereocenters. The maximum atomic E-state index is 10.4. The van der Waals surface area contributed by atoms with Gasteiger partial charge in [0.25, 0.3) is 0 Å². The van der Waals surface area contributed by atoms with Crippen LogP contribution < -0.4 is 5.73 Å². The number of hydrogen-bond acceptors (Lipinski definition) is 4. The number of rotatable bonds is 10. The first-order valence-electron chi connectivity index (χ1n) is 7.34. The summed E-state index contributed by atoms with van der Waals surface area (Å²) in [7, 11) is 0. The van der Waals surface area contributed by atoms with Gasteiger partial charge in [-0.15, -0.1) is 0 Å². The average Bonchev–Trinajstić information content (AvgIpc) is 2.38. The molecular weight excluding hydrogens is 244 g/mol. The number of nitrogens with zero attached hydrogens (tertiary/aromatic N) is 1. The first-order valence-corrected chi connectivity index (χ1v) is 7.34. The maximum absolute atomic E-state index is 10.4. The van der Waals surface area contributed by atoms with Crippen LogP contribution in [-0.4, -0.2) is 56.9 Å². The predicted octanol–water partition coefficient (Wildman–Crippen LogP) is 1.02. The van der Waals surface area contributed by atoms with E-state index in [1.54, 1.807) is 0 Å². The number of amides is 1. The Hall–Kier alpha value is -0.650. The molecule has 5 heteroatoms. The summed E-state index contributed by atoms with van der Waals surface area (Å²) in [6, 6.07) is 0. The minimum Gasteiger partial charge on any atom is -0.380 e. The Morgan fingerprint density at radius 2 is 1.79 bits per heavy atom. The molecule has 1 heterocycles. The van der Waals surface area contributed by atoms with Gasteiger partial charge in [0.1, 0.15) is 6.61 Å². The number of carbonyl (C=O) groups excluding carboxylic acids is 1. The van der Waals surface area contributed by atoms with Gasteiger partial charge in [-0.25, -0.2) is 0 Å². The fraction of sp³-hybridized carbons (Fsp3) is 0.929. The molecule has 0 aliphatic carbocycles. The molecule has 112 valence electrons. The van der Waals surface area contributed by atoms with Crippen molar-refractivity contribution in [2.45, 2.75) is 32.6 Å². The Bertz CT molecular complexity index is 241. The van der Waals surface area contributed by atoms with E-state index in [1.807, 2.05) is 0 Å². The zero-order chi connectivity index (χ0) is 13.9. The van der Waals surface area contributed by atoms with E-state index in [1.165, 1.54) is 25.9 Å². The molecule has 1 amide bonds. The van der Waals surface area contributed by atoms with E-state index >= 15 is 0 Å².